The monoisotopic (exact) mass is 375 g/mol. The lowest BCUT2D eigenvalue weighted by Crippen LogP contribution is -2.56. The van der Waals surface area contributed by atoms with Crippen LogP contribution in [0.15, 0.2) is 42.0 Å². The Bertz CT molecular complexity index is 1030. The Morgan fingerprint density at radius 3 is 3.04 bits per heavy atom. The number of aliphatic imine (C=N–C) groups is 1. The van der Waals surface area contributed by atoms with E-state index in [9.17, 15) is 5.26 Å². The van der Waals surface area contributed by atoms with Gasteiger partial charge >= 0.3 is 0 Å². The first kappa shape index (κ1) is 17.7. The third-order valence-corrected chi connectivity index (χ3v) is 4.89. The number of aromatic amines is 1. The molecule has 0 aliphatic carbocycles. The van der Waals surface area contributed by atoms with Crippen LogP contribution in [0.1, 0.15) is 12.5 Å². The molecule has 1 saturated heterocycles. The van der Waals surface area contributed by atoms with Crippen molar-refractivity contribution >= 4 is 28.5 Å². The van der Waals surface area contributed by atoms with Gasteiger partial charge in [-0.2, -0.15) is 5.26 Å². The van der Waals surface area contributed by atoms with Gasteiger partial charge in [-0.3, -0.25) is 10.3 Å². The lowest BCUT2D eigenvalue weighted by atomic mass is 10.1. The van der Waals surface area contributed by atoms with Crippen LogP contribution in [-0.2, 0) is 0 Å². The summed E-state index contributed by atoms with van der Waals surface area (Å²) in [6.07, 6.45) is 8.92. The van der Waals surface area contributed by atoms with E-state index in [1.54, 1.807) is 18.7 Å². The third-order valence-electron chi connectivity index (χ3n) is 4.89. The summed E-state index contributed by atoms with van der Waals surface area (Å²) in [6, 6.07) is 3.82. The Balaban J connectivity index is 1.58. The highest BCUT2D eigenvalue weighted by atomic mass is 15.4. The van der Waals surface area contributed by atoms with Gasteiger partial charge < -0.3 is 14.8 Å². The summed E-state index contributed by atoms with van der Waals surface area (Å²) in [6.45, 7) is 6.41. The van der Waals surface area contributed by atoms with E-state index in [0.29, 0.717) is 18.2 Å². The van der Waals surface area contributed by atoms with E-state index in [1.165, 1.54) is 0 Å². The molecule has 2 N–H and O–H groups in total. The number of piperazine rings is 1. The van der Waals surface area contributed by atoms with Crippen molar-refractivity contribution in [1.82, 2.24) is 30.2 Å². The molecule has 0 bridgehead atoms. The van der Waals surface area contributed by atoms with E-state index < -0.39 is 0 Å². The number of nitrogens with zero attached hydrogens (tertiary/aromatic N) is 7. The van der Waals surface area contributed by atoms with Gasteiger partial charge in [0.15, 0.2) is 6.19 Å². The highest BCUT2D eigenvalue weighted by Crippen LogP contribution is 2.27. The van der Waals surface area contributed by atoms with E-state index in [4.69, 9.17) is 0 Å². The Morgan fingerprint density at radius 1 is 1.39 bits per heavy atom. The number of nitrogens with one attached hydrogen (secondary N) is 2. The topological polar surface area (TPSA) is 109 Å². The standard InChI is InChI=1S/C19H21N9/c1-13-8-22-17-16(13)18(25-12-24-17)27-6-7-28(14(2)10-27)19(23-11-20)26-15-4-3-5-21-9-15/h3-5,8-9,12,14H,6-7,10H2,1-2H3,(H,23,26)(H,22,24,25). The molecule has 0 aromatic carbocycles. The Hall–Kier alpha value is -3.67. The van der Waals surface area contributed by atoms with Crippen molar-refractivity contribution in [2.75, 3.05) is 24.5 Å². The summed E-state index contributed by atoms with van der Waals surface area (Å²) in [7, 11) is 0. The van der Waals surface area contributed by atoms with E-state index >= 15 is 0 Å². The molecule has 4 rings (SSSR count). The SMILES string of the molecule is Cc1c[nH]c2ncnc(N3CCN(C(=Nc4cccnc4)NC#N)C(C)C3)c12. The zero-order valence-corrected chi connectivity index (χ0v) is 15.8. The zero-order valence-electron chi connectivity index (χ0n) is 15.8. The minimum Gasteiger partial charge on any atom is -0.352 e. The highest BCUT2D eigenvalue weighted by Gasteiger charge is 2.28. The van der Waals surface area contributed by atoms with Gasteiger partial charge in [-0.15, -0.1) is 0 Å². The first-order chi connectivity index (χ1) is 13.7. The number of aryl methyl sites for hydroxylation is 1. The summed E-state index contributed by atoms with van der Waals surface area (Å²) in [5.74, 6) is 1.47. The summed E-state index contributed by atoms with van der Waals surface area (Å²) < 4.78 is 0. The number of guanidine groups is 1. The zero-order chi connectivity index (χ0) is 19.5. The molecule has 0 spiro atoms. The second-order valence-corrected chi connectivity index (χ2v) is 6.76. The smallest absolute Gasteiger partial charge is 0.213 e. The van der Waals surface area contributed by atoms with Gasteiger partial charge in [0.05, 0.1) is 17.3 Å². The Morgan fingerprint density at radius 2 is 2.29 bits per heavy atom. The molecule has 28 heavy (non-hydrogen) atoms. The number of hydrogen-bond acceptors (Lipinski definition) is 6. The van der Waals surface area contributed by atoms with Crippen LogP contribution >= 0.6 is 0 Å². The second kappa shape index (κ2) is 7.52. The fourth-order valence-electron chi connectivity index (χ4n) is 3.56. The maximum absolute atomic E-state index is 9.17. The average Bonchev–Trinajstić information content (AvgIpc) is 3.10. The predicted molar refractivity (Wildman–Crippen MR) is 107 cm³/mol. The summed E-state index contributed by atoms with van der Waals surface area (Å²) in [5.41, 5.74) is 2.68. The van der Waals surface area contributed by atoms with Crippen molar-refractivity contribution in [1.29, 1.82) is 5.26 Å². The summed E-state index contributed by atoms with van der Waals surface area (Å²) >= 11 is 0. The van der Waals surface area contributed by atoms with Crippen LogP contribution in [0.5, 0.6) is 0 Å². The largest absolute Gasteiger partial charge is 0.352 e. The normalized spacial score (nSPS) is 17.6. The van der Waals surface area contributed by atoms with E-state index in [0.717, 1.165) is 35.5 Å². The fourth-order valence-corrected chi connectivity index (χ4v) is 3.56. The number of fused-ring (bicyclic) bond motifs is 1. The highest BCUT2D eigenvalue weighted by molar-refractivity contribution is 5.91. The molecule has 9 nitrogen and oxygen atoms in total. The van der Waals surface area contributed by atoms with Crippen LogP contribution in [0.2, 0.25) is 0 Å². The van der Waals surface area contributed by atoms with Crippen molar-refractivity contribution in [2.45, 2.75) is 19.9 Å². The third kappa shape index (κ3) is 3.32. The van der Waals surface area contributed by atoms with Gasteiger partial charge in [0, 0.05) is 38.1 Å². The molecule has 4 heterocycles. The van der Waals surface area contributed by atoms with Gasteiger partial charge in [-0.25, -0.2) is 15.0 Å². The molecule has 1 aliphatic heterocycles. The van der Waals surface area contributed by atoms with Gasteiger partial charge in [-0.05, 0) is 31.5 Å². The Labute approximate surface area is 162 Å². The van der Waals surface area contributed by atoms with E-state index in [-0.39, 0.29) is 6.04 Å². The fraction of sp³-hybridized carbons (Fsp3) is 0.316. The minimum atomic E-state index is 0.134. The summed E-state index contributed by atoms with van der Waals surface area (Å²) in [5, 5.41) is 13.0. The van der Waals surface area contributed by atoms with Crippen molar-refractivity contribution in [2.24, 2.45) is 4.99 Å². The average molecular weight is 375 g/mol. The molecular weight excluding hydrogens is 354 g/mol. The molecule has 0 amide bonds. The maximum Gasteiger partial charge on any atom is 0.213 e. The molecule has 0 radical (unpaired) electrons. The first-order valence-corrected chi connectivity index (χ1v) is 9.11. The molecule has 3 aromatic heterocycles. The number of pyridine rings is 1. The number of H-pyrrole nitrogens is 1. The van der Waals surface area contributed by atoms with E-state index in [1.807, 2.05) is 24.5 Å². The molecule has 1 fully saturated rings. The van der Waals surface area contributed by atoms with Gasteiger partial charge in [0.1, 0.15) is 17.8 Å². The molecule has 1 aliphatic rings. The van der Waals surface area contributed by atoms with Gasteiger partial charge in [-0.1, -0.05) is 0 Å². The van der Waals surface area contributed by atoms with E-state index in [2.05, 4.69) is 53.9 Å². The Kier molecular flexibility index (Phi) is 4.76. The predicted octanol–water partition coefficient (Wildman–Crippen LogP) is 1.93. The van der Waals surface area contributed by atoms with Crippen molar-refractivity contribution in [3.63, 3.8) is 0 Å². The lowest BCUT2D eigenvalue weighted by molar-refractivity contribution is 0.291. The van der Waals surface area contributed by atoms with Crippen LogP contribution in [-0.4, -0.2) is 56.5 Å². The molecular formula is C19H21N9. The lowest BCUT2D eigenvalue weighted by Gasteiger charge is -2.41. The molecule has 3 aromatic rings. The molecule has 142 valence electrons. The van der Waals surface area contributed by atoms with Crippen molar-refractivity contribution in [3.05, 3.63) is 42.6 Å². The first-order valence-electron chi connectivity index (χ1n) is 9.11. The maximum atomic E-state index is 9.17. The van der Waals surface area contributed by atoms with Crippen LogP contribution < -0.4 is 10.2 Å². The quantitative estimate of drug-likeness (QED) is 0.305. The number of aromatic nitrogens is 4. The van der Waals surface area contributed by atoms with Crippen molar-refractivity contribution in [3.8, 4) is 6.19 Å². The molecule has 1 atom stereocenters. The van der Waals surface area contributed by atoms with Gasteiger partial charge in [0.25, 0.3) is 0 Å². The summed E-state index contributed by atoms with van der Waals surface area (Å²) in [4.78, 5) is 25.1. The molecule has 0 saturated carbocycles. The number of rotatable bonds is 2. The van der Waals surface area contributed by atoms with Crippen LogP contribution in [0.25, 0.3) is 11.0 Å². The number of anilines is 1. The second-order valence-electron chi connectivity index (χ2n) is 6.76. The van der Waals surface area contributed by atoms with Crippen LogP contribution in [0, 0.1) is 18.4 Å². The number of hydrogen-bond donors (Lipinski definition) is 2. The minimum absolute atomic E-state index is 0.134. The van der Waals surface area contributed by atoms with Crippen LogP contribution in [0.4, 0.5) is 11.5 Å². The number of nitriles is 1. The molecule has 9 heteroatoms. The van der Waals surface area contributed by atoms with Crippen LogP contribution in [0.3, 0.4) is 0 Å². The van der Waals surface area contributed by atoms with Crippen molar-refractivity contribution < 1.29 is 0 Å². The van der Waals surface area contributed by atoms with Gasteiger partial charge in [0.2, 0.25) is 5.96 Å². The molecule has 1 unspecified atom stereocenters.